The zero-order chi connectivity index (χ0) is 17.5. The Morgan fingerprint density at radius 2 is 1.92 bits per heavy atom. The first kappa shape index (κ1) is 14.6. The molecule has 7 heteroatoms. The maximum Gasteiger partial charge on any atom is 0.247 e. The summed E-state index contributed by atoms with van der Waals surface area (Å²) < 4.78 is 3.58. The molecule has 126 valence electrons. The molecule has 0 unspecified atom stereocenters. The van der Waals surface area contributed by atoms with E-state index in [-0.39, 0.29) is 0 Å². The van der Waals surface area contributed by atoms with Crippen molar-refractivity contribution in [3.05, 3.63) is 67.1 Å². The van der Waals surface area contributed by atoms with Crippen molar-refractivity contribution in [1.82, 2.24) is 29.4 Å². The normalized spacial score (nSPS) is 11.3. The van der Waals surface area contributed by atoms with E-state index in [0.29, 0.717) is 11.6 Å². The minimum absolute atomic E-state index is 0.526. The number of hydrogen-bond acceptors (Lipinski definition) is 5. The van der Waals surface area contributed by atoms with Crippen LogP contribution in [0.25, 0.3) is 27.8 Å². The number of fused-ring (bicyclic) bond motifs is 2. The molecule has 7 nitrogen and oxygen atoms in total. The third-order valence-corrected chi connectivity index (χ3v) is 4.30. The maximum absolute atomic E-state index is 4.63. The van der Waals surface area contributed by atoms with Crippen LogP contribution in [0.4, 0.5) is 11.6 Å². The van der Waals surface area contributed by atoms with Gasteiger partial charge in [-0.15, -0.1) is 5.10 Å². The highest BCUT2D eigenvalue weighted by Crippen LogP contribution is 2.24. The molecule has 26 heavy (non-hydrogen) atoms. The highest BCUT2D eigenvalue weighted by atomic mass is 15.4. The fourth-order valence-electron chi connectivity index (χ4n) is 3.04. The van der Waals surface area contributed by atoms with Gasteiger partial charge in [-0.3, -0.25) is 9.67 Å². The Balaban J connectivity index is 1.55. The quantitative estimate of drug-likeness (QED) is 0.544. The molecule has 0 saturated carbocycles. The molecule has 0 bridgehead atoms. The predicted octanol–water partition coefficient (Wildman–Crippen LogP) is 3.42. The van der Waals surface area contributed by atoms with Crippen molar-refractivity contribution in [3.63, 3.8) is 0 Å². The summed E-state index contributed by atoms with van der Waals surface area (Å²) in [5.41, 5.74) is 4.51. The van der Waals surface area contributed by atoms with E-state index in [9.17, 15) is 0 Å². The van der Waals surface area contributed by atoms with Gasteiger partial charge in [-0.1, -0.05) is 30.3 Å². The number of aromatic nitrogens is 6. The highest BCUT2D eigenvalue weighted by molar-refractivity contribution is 5.83. The first-order valence-electron chi connectivity index (χ1n) is 8.23. The van der Waals surface area contributed by atoms with Crippen molar-refractivity contribution in [2.45, 2.75) is 0 Å². The summed E-state index contributed by atoms with van der Waals surface area (Å²) in [6.07, 6.45) is 5.37. The second-order valence-corrected chi connectivity index (χ2v) is 6.01. The van der Waals surface area contributed by atoms with Crippen molar-refractivity contribution in [3.8, 4) is 11.3 Å². The fourth-order valence-corrected chi connectivity index (χ4v) is 3.04. The number of anilines is 2. The Bertz CT molecular complexity index is 1220. The zero-order valence-electron chi connectivity index (χ0n) is 14.0. The maximum atomic E-state index is 4.63. The molecule has 0 atom stereocenters. The van der Waals surface area contributed by atoms with E-state index in [1.54, 1.807) is 16.9 Å². The molecule has 0 aliphatic rings. The molecular weight excluding hydrogens is 326 g/mol. The van der Waals surface area contributed by atoms with Crippen LogP contribution in [0.3, 0.4) is 0 Å². The number of rotatable bonds is 3. The third kappa shape index (κ3) is 2.37. The molecule has 2 aromatic carbocycles. The van der Waals surface area contributed by atoms with E-state index in [4.69, 9.17) is 0 Å². The summed E-state index contributed by atoms with van der Waals surface area (Å²) in [5, 5.41) is 13.1. The van der Waals surface area contributed by atoms with Gasteiger partial charge in [-0.25, -0.2) is 4.52 Å². The van der Waals surface area contributed by atoms with E-state index < -0.39 is 0 Å². The number of benzene rings is 2. The fraction of sp³-hybridized carbons (Fsp3) is 0.0526. The Morgan fingerprint density at radius 1 is 1.04 bits per heavy atom. The van der Waals surface area contributed by atoms with Gasteiger partial charge in [0.05, 0.1) is 11.7 Å². The van der Waals surface area contributed by atoms with Crippen molar-refractivity contribution in [2.24, 2.45) is 7.05 Å². The zero-order valence-corrected chi connectivity index (χ0v) is 14.0. The molecule has 0 aliphatic heterocycles. The van der Waals surface area contributed by atoms with Crippen molar-refractivity contribution in [2.75, 3.05) is 5.32 Å². The van der Waals surface area contributed by atoms with Gasteiger partial charge in [-0.05, 0) is 18.2 Å². The molecular formula is C19H15N7. The van der Waals surface area contributed by atoms with Gasteiger partial charge in [-0.2, -0.15) is 10.1 Å². The molecule has 5 aromatic rings. The topological polar surface area (TPSA) is 72.9 Å². The van der Waals surface area contributed by atoms with Gasteiger partial charge in [0.15, 0.2) is 5.65 Å². The standard InChI is InChI=1S/C19H15N7/c1-25-16-8-7-15(11-14(16)12-21-25)22-19-23-18-17(13-5-3-2-4-6-13)20-9-10-26(18)24-19/h2-12H,1H3,(H,22,24). The smallest absolute Gasteiger partial charge is 0.247 e. The lowest BCUT2D eigenvalue weighted by molar-refractivity contribution is 0.797. The van der Waals surface area contributed by atoms with Crippen LogP contribution in [0.2, 0.25) is 0 Å². The summed E-state index contributed by atoms with van der Waals surface area (Å²) in [7, 11) is 1.93. The summed E-state index contributed by atoms with van der Waals surface area (Å²) in [6.45, 7) is 0. The first-order valence-corrected chi connectivity index (χ1v) is 8.23. The second-order valence-electron chi connectivity index (χ2n) is 6.01. The molecule has 0 spiro atoms. The van der Waals surface area contributed by atoms with E-state index >= 15 is 0 Å². The van der Waals surface area contributed by atoms with Crippen LogP contribution in [0, 0.1) is 0 Å². The molecule has 0 saturated heterocycles. The Hall–Kier alpha value is -3.74. The SMILES string of the molecule is Cn1ncc2cc(Nc3nc4c(-c5ccccc5)nccn4n3)ccc21. The molecule has 0 radical (unpaired) electrons. The second kappa shape index (κ2) is 5.66. The van der Waals surface area contributed by atoms with Crippen molar-refractivity contribution < 1.29 is 0 Å². The molecule has 0 amide bonds. The van der Waals surface area contributed by atoms with E-state index in [0.717, 1.165) is 27.8 Å². The average molecular weight is 341 g/mol. The monoisotopic (exact) mass is 341 g/mol. The Kier molecular flexibility index (Phi) is 3.18. The lowest BCUT2D eigenvalue weighted by atomic mass is 10.1. The highest BCUT2D eigenvalue weighted by Gasteiger charge is 2.11. The summed E-state index contributed by atoms with van der Waals surface area (Å²) in [6, 6.07) is 16.0. The average Bonchev–Trinajstić information content (AvgIpc) is 3.25. The number of aryl methyl sites for hydroxylation is 1. The van der Waals surface area contributed by atoms with Gasteiger partial charge in [0, 0.05) is 36.1 Å². The lowest BCUT2D eigenvalue weighted by Crippen LogP contribution is -1.94. The summed E-state index contributed by atoms with van der Waals surface area (Å²) >= 11 is 0. The molecule has 0 aliphatic carbocycles. The first-order chi connectivity index (χ1) is 12.8. The van der Waals surface area contributed by atoms with Gasteiger partial charge < -0.3 is 5.32 Å². The van der Waals surface area contributed by atoms with Crippen molar-refractivity contribution in [1.29, 1.82) is 0 Å². The number of nitrogens with one attached hydrogen (secondary N) is 1. The van der Waals surface area contributed by atoms with Crippen LogP contribution in [-0.2, 0) is 7.05 Å². The van der Waals surface area contributed by atoms with Crippen LogP contribution in [0.1, 0.15) is 0 Å². The minimum atomic E-state index is 0.526. The Labute approximate surface area is 148 Å². The largest absolute Gasteiger partial charge is 0.323 e. The van der Waals surface area contributed by atoms with Crippen LogP contribution in [-0.4, -0.2) is 29.4 Å². The Morgan fingerprint density at radius 3 is 2.81 bits per heavy atom. The van der Waals surface area contributed by atoms with Crippen molar-refractivity contribution >= 4 is 28.2 Å². The van der Waals surface area contributed by atoms with Crippen LogP contribution in [0.5, 0.6) is 0 Å². The van der Waals surface area contributed by atoms with Gasteiger partial charge in [0.1, 0.15) is 5.69 Å². The molecule has 5 rings (SSSR count). The lowest BCUT2D eigenvalue weighted by Gasteiger charge is -2.01. The molecule has 0 fully saturated rings. The predicted molar refractivity (Wildman–Crippen MR) is 100 cm³/mol. The van der Waals surface area contributed by atoms with Gasteiger partial charge in [0.25, 0.3) is 0 Å². The number of hydrogen-bond donors (Lipinski definition) is 1. The van der Waals surface area contributed by atoms with E-state index in [1.807, 2.05) is 66.5 Å². The van der Waals surface area contributed by atoms with Gasteiger partial charge in [0.2, 0.25) is 5.95 Å². The van der Waals surface area contributed by atoms with Crippen LogP contribution in [0.15, 0.2) is 67.1 Å². The van der Waals surface area contributed by atoms with E-state index in [2.05, 4.69) is 25.5 Å². The summed E-state index contributed by atoms with van der Waals surface area (Å²) in [4.78, 5) is 9.11. The van der Waals surface area contributed by atoms with Gasteiger partial charge >= 0.3 is 0 Å². The molecule has 3 aromatic heterocycles. The molecule has 3 heterocycles. The van der Waals surface area contributed by atoms with Crippen LogP contribution < -0.4 is 5.32 Å². The summed E-state index contributed by atoms with van der Waals surface area (Å²) in [5.74, 6) is 0.526. The third-order valence-electron chi connectivity index (χ3n) is 4.30. The van der Waals surface area contributed by atoms with E-state index in [1.165, 1.54) is 0 Å². The number of nitrogens with zero attached hydrogens (tertiary/aromatic N) is 6. The molecule has 1 N–H and O–H groups in total. The minimum Gasteiger partial charge on any atom is -0.323 e. The van der Waals surface area contributed by atoms with Crippen LogP contribution >= 0.6 is 0 Å².